The number of ether oxygens (including phenoxy) is 1. The Morgan fingerprint density at radius 1 is 1.45 bits per heavy atom. The molecule has 0 amide bonds. The zero-order chi connectivity index (χ0) is 16.3. The maximum atomic E-state index is 12.2. The van der Waals surface area contributed by atoms with Crippen molar-refractivity contribution >= 4 is 10.0 Å². The number of nitrogens with zero attached hydrogens (tertiary/aromatic N) is 4. The SMILES string of the molecule is CCn1cc(O[C@@H]2CN(S(=O)(=O)CCN(C)C)C[C@H]2O)cn1. The maximum Gasteiger partial charge on any atom is 0.215 e. The first-order chi connectivity index (χ1) is 10.3. The fourth-order valence-electron chi connectivity index (χ4n) is 2.25. The first kappa shape index (κ1) is 17.2. The van der Waals surface area contributed by atoms with Crippen LogP contribution in [0.5, 0.6) is 5.75 Å². The van der Waals surface area contributed by atoms with Gasteiger partial charge in [0, 0.05) is 19.6 Å². The molecule has 2 atom stereocenters. The van der Waals surface area contributed by atoms with Crippen molar-refractivity contribution in [3.8, 4) is 5.75 Å². The molecule has 1 saturated heterocycles. The molecule has 1 aliphatic rings. The minimum atomic E-state index is -3.38. The number of aryl methyl sites for hydroxylation is 1. The molecule has 2 heterocycles. The summed E-state index contributed by atoms with van der Waals surface area (Å²) >= 11 is 0. The molecule has 2 rings (SSSR count). The molecule has 0 bridgehead atoms. The van der Waals surface area contributed by atoms with E-state index in [-0.39, 0.29) is 18.8 Å². The normalized spacial score (nSPS) is 23.3. The lowest BCUT2D eigenvalue weighted by Gasteiger charge is -2.18. The van der Waals surface area contributed by atoms with E-state index in [1.165, 1.54) is 4.31 Å². The summed E-state index contributed by atoms with van der Waals surface area (Å²) in [6.45, 7) is 3.36. The molecule has 1 aromatic heterocycles. The molecule has 0 radical (unpaired) electrons. The predicted molar refractivity (Wildman–Crippen MR) is 82.2 cm³/mol. The average molecular weight is 332 g/mol. The van der Waals surface area contributed by atoms with Gasteiger partial charge in [-0.05, 0) is 21.0 Å². The van der Waals surface area contributed by atoms with Gasteiger partial charge in [0.1, 0.15) is 12.2 Å². The van der Waals surface area contributed by atoms with E-state index in [4.69, 9.17) is 4.74 Å². The molecule has 1 aromatic rings. The highest BCUT2D eigenvalue weighted by atomic mass is 32.2. The van der Waals surface area contributed by atoms with Crippen LogP contribution >= 0.6 is 0 Å². The number of aliphatic hydroxyl groups excluding tert-OH is 1. The van der Waals surface area contributed by atoms with Gasteiger partial charge in [0.05, 0.1) is 24.7 Å². The van der Waals surface area contributed by atoms with Crippen molar-refractivity contribution < 1.29 is 18.3 Å². The van der Waals surface area contributed by atoms with Crippen molar-refractivity contribution in [2.45, 2.75) is 25.7 Å². The Morgan fingerprint density at radius 3 is 2.77 bits per heavy atom. The zero-order valence-corrected chi connectivity index (χ0v) is 14.0. The largest absolute Gasteiger partial charge is 0.483 e. The summed E-state index contributed by atoms with van der Waals surface area (Å²) < 4.78 is 33.2. The second kappa shape index (κ2) is 6.95. The molecule has 0 aliphatic carbocycles. The number of rotatable bonds is 7. The fraction of sp³-hybridized carbons (Fsp3) is 0.769. The summed E-state index contributed by atoms with van der Waals surface area (Å²) in [7, 11) is 0.268. The van der Waals surface area contributed by atoms with E-state index < -0.39 is 22.2 Å². The lowest BCUT2D eigenvalue weighted by Crippen LogP contribution is -2.35. The first-order valence-electron chi connectivity index (χ1n) is 7.31. The van der Waals surface area contributed by atoms with E-state index in [0.29, 0.717) is 12.3 Å². The van der Waals surface area contributed by atoms with Crippen LogP contribution in [-0.2, 0) is 16.6 Å². The van der Waals surface area contributed by atoms with Crippen LogP contribution in [0, 0.1) is 0 Å². The predicted octanol–water partition coefficient (Wildman–Crippen LogP) is -0.782. The minimum Gasteiger partial charge on any atom is -0.483 e. The van der Waals surface area contributed by atoms with Crippen LogP contribution in [0.2, 0.25) is 0 Å². The Morgan fingerprint density at radius 2 is 2.18 bits per heavy atom. The van der Waals surface area contributed by atoms with E-state index in [1.54, 1.807) is 17.1 Å². The Labute approximate surface area is 131 Å². The van der Waals surface area contributed by atoms with Crippen LogP contribution in [0.3, 0.4) is 0 Å². The number of aliphatic hydroxyl groups is 1. The second-order valence-corrected chi connectivity index (χ2v) is 7.78. The van der Waals surface area contributed by atoms with Crippen molar-refractivity contribution in [3.63, 3.8) is 0 Å². The zero-order valence-electron chi connectivity index (χ0n) is 13.2. The third-order valence-electron chi connectivity index (χ3n) is 3.61. The molecule has 22 heavy (non-hydrogen) atoms. The van der Waals surface area contributed by atoms with Gasteiger partial charge < -0.3 is 14.7 Å². The van der Waals surface area contributed by atoms with Crippen molar-refractivity contribution in [3.05, 3.63) is 12.4 Å². The summed E-state index contributed by atoms with van der Waals surface area (Å²) in [5.41, 5.74) is 0. The molecule has 9 heteroatoms. The molecule has 126 valence electrons. The van der Waals surface area contributed by atoms with Crippen molar-refractivity contribution in [2.75, 3.05) is 39.5 Å². The van der Waals surface area contributed by atoms with Crippen molar-refractivity contribution in [2.24, 2.45) is 0 Å². The Hall–Kier alpha value is -1.16. The molecule has 1 aliphatic heterocycles. The highest BCUT2D eigenvalue weighted by molar-refractivity contribution is 7.89. The van der Waals surface area contributed by atoms with E-state index in [0.717, 1.165) is 6.54 Å². The van der Waals surface area contributed by atoms with Crippen LogP contribution in [-0.4, -0.2) is 84.2 Å². The van der Waals surface area contributed by atoms with Gasteiger partial charge in [-0.1, -0.05) is 0 Å². The van der Waals surface area contributed by atoms with E-state index in [1.807, 2.05) is 25.9 Å². The number of aromatic nitrogens is 2. The Kier molecular flexibility index (Phi) is 5.43. The molecule has 1 fully saturated rings. The van der Waals surface area contributed by atoms with E-state index in [9.17, 15) is 13.5 Å². The lowest BCUT2D eigenvalue weighted by molar-refractivity contribution is 0.0736. The number of hydrogen-bond donors (Lipinski definition) is 1. The molecule has 8 nitrogen and oxygen atoms in total. The quantitative estimate of drug-likeness (QED) is 0.705. The van der Waals surface area contributed by atoms with Crippen LogP contribution in [0.25, 0.3) is 0 Å². The minimum absolute atomic E-state index is 0.0349. The first-order valence-corrected chi connectivity index (χ1v) is 8.92. The van der Waals surface area contributed by atoms with Crippen molar-refractivity contribution in [1.82, 2.24) is 19.0 Å². The Balaban J connectivity index is 1.96. The van der Waals surface area contributed by atoms with Gasteiger partial charge in [0.15, 0.2) is 5.75 Å². The van der Waals surface area contributed by atoms with Gasteiger partial charge in [-0.25, -0.2) is 8.42 Å². The van der Waals surface area contributed by atoms with Gasteiger partial charge >= 0.3 is 0 Å². The average Bonchev–Trinajstić information content (AvgIpc) is 3.05. The highest BCUT2D eigenvalue weighted by Gasteiger charge is 2.39. The molecule has 1 N–H and O–H groups in total. The molecule has 0 saturated carbocycles. The number of hydrogen-bond acceptors (Lipinski definition) is 6. The number of sulfonamides is 1. The summed E-state index contributed by atoms with van der Waals surface area (Å²) in [5.74, 6) is 0.575. The van der Waals surface area contributed by atoms with Gasteiger partial charge in [-0.3, -0.25) is 4.68 Å². The molecular formula is C13H24N4O4S. The topological polar surface area (TPSA) is 87.9 Å². The van der Waals surface area contributed by atoms with Gasteiger partial charge in [0.2, 0.25) is 10.0 Å². The van der Waals surface area contributed by atoms with Gasteiger partial charge in [0.25, 0.3) is 0 Å². The lowest BCUT2D eigenvalue weighted by atomic mass is 10.3. The highest BCUT2D eigenvalue weighted by Crippen LogP contribution is 2.20. The van der Waals surface area contributed by atoms with Crippen LogP contribution < -0.4 is 4.74 Å². The smallest absolute Gasteiger partial charge is 0.215 e. The monoisotopic (exact) mass is 332 g/mol. The van der Waals surface area contributed by atoms with Gasteiger partial charge in [-0.2, -0.15) is 9.40 Å². The third kappa shape index (κ3) is 4.19. The second-order valence-electron chi connectivity index (χ2n) is 5.69. The molecule has 0 aromatic carbocycles. The summed E-state index contributed by atoms with van der Waals surface area (Å²) in [6, 6.07) is 0. The third-order valence-corrected chi connectivity index (χ3v) is 5.40. The summed E-state index contributed by atoms with van der Waals surface area (Å²) in [6.07, 6.45) is 1.90. The maximum absolute atomic E-state index is 12.2. The Bertz CT molecular complexity index is 587. The summed E-state index contributed by atoms with van der Waals surface area (Å²) in [4.78, 5) is 1.82. The van der Waals surface area contributed by atoms with Crippen LogP contribution in [0.15, 0.2) is 12.4 Å². The number of β-amino-alcohol motifs (C(OH)–C–C–N with tert-alkyl or cyclic N) is 1. The van der Waals surface area contributed by atoms with Crippen LogP contribution in [0.1, 0.15) is 6.92 Å². The molecular weight excluding hydrogens is 308 g/mol. The molecule has 0 spiro atoms. The van der Waals surface area contributed by atoms with Crippen molar-refractivity contribution in [1.29, 1.82) is 0 Å². The van der Waals surface area contributed by atoms with E-state index in [2.05, 4.69) is 5.10 Å². The standard InChI is InChI=1S/C13H24N4O4S/c1-4-16-8-11(7-14-16)21-13-10-17(9-12(13)18)22(19,20)6-5-15(2)3/h7-8,12-13,18H,4-6,9-10H2,1-3H3/t12-,13-/m1/s1. The molecule has 0 unspecified atom stereocenters. The summed E-state index contributed by atoms with van der Waals surface area (Å²) in [5, 5.41) is 14.1. The fourth-order valence-corrected chi connectivity index (χ4v) is 3.85. The van der Waals surface area contributed by atoms with Crippen LogP contribution in [0.4, 0.5) is 0 Å². The van der Waals surface area contributed by atoms with Gasteiger partial charge in [-0.15, -0.1) is 0 Å². The van der Waals surface area contributed by atoms with E-state index >= 15 is 0 Å².